The van der Waals surface area contributed by atoms with Crippen LogP contribution in [0.3, 0.4) is 0 Å². The van der Waals surface area contributed by atoms with Crippen LogP contribution in [0.25, 0.3) is 33.7 Å². The molecule has 0 atom stereocenters. The van der Waals surface area contributed by atoms with Crippen molar-refractivity contribution in [2.75, 3.05) is 5.32 Å². The molecular formula is C21H17N5O. The van der Waals surface area contributed by atoms with Gasteiger partial charge in [-0.05, 0) is 55.6 Å². The zero-order chi connectivity index (χ0) is 18.8. The van der Waals surface area contributed by atoms with Gasteiger partial charge in [0.1, 0.15) is 6.07 Å². The van der Waals surface area contributed by atoms with Gasteiger partial charge in [-0.1, -0.05) is 6.07 Å². The van der Waals surface area contributed by atoms with Crippen LogP contribution in [0.2, 0.25) is 0 Å². The summed E-state index contributed by atoms with van der Waals surface area (Å²) in [4.78, 5) is 4.12. The van der Waals surface area contributed by atoms with Gasteiger partial charge in [0.25, 0.3) is 0 Å². The van der Waals surface area contributed by atoms with E-state index in [0.29, 0.717) is 22.9 Å². The third-order valence-corrected chi connectivity index (χ3v) is 4.14. The van der Waals surface area contributed by atoms with Crippen LogP contribution >= 0.6 is 0 Å². The second kappa shape index (κ2) is 6.89. The average molecular weight is 355 g/mol. The van der Waals surface area contributed by atoms with E-state index in [1.54, 1.807) is 12.3 Å². The van der Waals surface area contributed by atoms with Gasteiger partial charge in [-0.15, -0.1) is 10.2 Å². The Morgan fingerprint density at radius 1 is 0.963 bits per heavy atom. The fourth-order valence-corrected chi connectivity index (χ4v) is 2.88. The van der Waals surface area contributed by atoms with Crippen molar-refractivity contribution >= 4 is 16.5 Å². The first-order chi connectivity index (χ1) is 13.1. The Bertz CT molecular complexity index is 1160. The van der Waals surface area contributed by atoms with Gasteiger partial charge in [0.05, 0.1) is 11.3 Å². The smallest absolute Gasteiger partial charge is 0.248 e. The number of anilines is 1. The summed E-state index contributed by atoms with van der Waals surface area (Å²) in [6.45, 7) is 4.05. The van der Waals surface area contributed by atoms with Crippen LogP contribution in [0.4, 0.5) is 5.69 Å². The highest BCUT2D eigenvalue weighted by atomic mass is 16.4. The Kier molecular flexibility index (Phi) is 4.27. The maximum absolute atomic E-state index is 9.42. The van der Waals surface area contributed by atoms with E-state index < -0.39 is 0 Å². The molecule has 0 aliphatic rings. The summed E-state index contributed by atoms with van der Waals surface area (Å²) in [5, 5.41) is 23.1. The van der Waals surface area contributed by atoms with E-state index in [0.717, 1.165) is 22.0 Å². The van der Waals surface area contributed by atoms with Gasteiger partial charge in [0.15, 0.2) is 0 Å². The first-order valence-electron chi connectivity index (χ1n) is 8.63. The minimum atomic E-state index is 0.237. The zero-order valence-corrected chi connectivity index (χ0v) is 15.0. The van der Waals surface area contributed by atoms with Crippen molar-refractivity contribution in [3.05, 3.63) is 60.4 Å². The minimum absolute atomic E-state index is 0.237. The molecule has 2 aromatic carbocycles. The predicted octanol–water partition coefficient (Wildman–Crippen LogP) is 4.64. The van der Waals surface area contributed by atoms with Crippen molar-refractivity contribution in [1.82, 2.24) is 15.2 Å². The molecule has 6 heteroatoms. The lowest BCUT2D eigenvalue weighted by Crippen LogP contribution is -2.10. The molecule has 0 fully saturated rings. The summed E-state index contributed by atoms with van der Waals surface area (Å²) in [5.74, 6) is 0.819. The van der Waals surface area contributed by atoms with Crippen LogP contribution in [0.15, 0.2) is 59.3 Å². The van der Waals surface area contributed by atoms with Crippen LogP contribution in [-0.4, -0.2) is 21.2 Å². The topological polar surface area (TPSA) is 87.6 Å². The van der Waals surface area contributed by atoms with Crippen LogP contribution in [0, 0.1) is 11.3 Å². The highest BCUT2D eigenvalue weighted by molar-refractivity contribution is 5.85. The molecule has 132 valence electrons. The van der Waals surface area contributed by atoms with Crippen molar-refractivity contribution in [2.45, 2.75) is 19.9 Å². The third-order valence-electron chi connectivity index (χ3n) is 4.14. The summed E-state index contributed by atoms with van der Waals surface area (Å²) < 4.78 is 5.86. The number of hydrogen-bond acceptors (Lipinski definition) is 6. The van der Waals surface area contributed by atoms with Gasteiger partial charge in [-0.3, -0.25) is 4.98 Å². The molecule has 1 N–H and O–H groups in total. The summed E-state index contributed by atoms with van der Waals surface area (Å²) in [5.41, 5.74) is 2.88. The number of benzene rings is 2. The Morgan fingerprint density at radius 3 is 2.44 bits per heavy atom. The molecule has 0 saturated heterocycles. The molecule has 0 unspecified atom stereocenters. The van der Waals surface area contributed by atoms with E-state index in [9.17, 15) is 5.26 Å². The summed E-state index contributed by atoms with van der Waals surface area (Å²) in [6.07, 6.45) is 3.57. The fraction of sp³-hybridized carbons (Fsp3) is 0.143. The molecule has 2 aromatic heterocycles. The van der Waals surface area contributed by atoms with Crippen molar-refractivity contribution in [2.24, 2.45) is 0 Å². The second-order valence-corrected chi connectivity index (χ2v) is 6.52. The van der Waals surface area contributed by atoms with E-state index in [-0.39, 0.29) is 6.04 Å². The van der Waals surface area contributed by atoms with Gasteiger partial charge in [0.2, 0.25) is 11.8 Å². The molecule has 0 bridgehead atoms. The molecule has 0 amide bonds. The number of fused-ring (bicyclic) bond motifs is 1. The summed E-state index contributed by atoms with van der Waals surface area (Å²) in [6, 6.07) is 15.8. The first kappa shape index (κ1) is 16.7. The molecule has 0 saturated carbocycles. The number of nitrogens with one attached hydrogen (secondary N) is 1. The zero-order valence-electron chi connectivity index (χ0n) is 15.0. The molecule has 0 radical (unpaired) electrons. The number of nitrogens with zero attached hydrogens (tertiary/aromatic N) is 4. The van der Waals surface area contributed by atoms with Crippen molar-refractivity contribution < 1.29 is 4.42 Å². The summed E-state index contributed by atoms with van der Waals surface area (Å²) >= 11 is 0. The van der Waals surface area contributed by atoms with E-state index >= 15 is 0 Å². The highest BCUT2D eigenvalue weighted by Crippen LogP contribution is 2.28. The standard InChI is InChI=1S/C21H17N5O/c1-13(2)24-19-6-5-16(10-18(19)11-22)21-26-25-20(27-21)15-3-4-17-12-23-8-7-14(17)9-15/h3-10,12-13,24H,1-2H3. The number of pyridine rings is 1. The number of rotatable bonds is 4. The second-order valence-electron chi connectivity index (χ2n) is 6.52. The van der Waals surface area contributed by atoms with Crippen molar-refractivity contribution in [3.8, 4) is 29.0 Å². The normalized spacial score (nSPS) is 10.9. The number of hydrogen-bond donors (Lipinski definition) is 1. The van der Waals surface area contributed by atoms with Crippen LogP contribution < -0.4 is 5.32 Å². The van der Waals surface area contributed by atoms with Crippen molar-refractivity contribution in [3.63, 3.8) is 0 Å². The maximum atomic E-state index is 9.42. The highest BCUT2D eigenvalue weighted by Gasteiger charge is 2.13. The molecule has 27 heavy (non-hydrogen) atoms. The van der Waals surface area contributed by atoms with Gasteiger partial charge >= 0.3 is 0 Å². The quantitative estimate of drug-likeness (QED) is 0.573. The molecule has 2 heterocycles. The van der Waals surface area contributed by atoms with Gasteiger partial charge in [-0.2, -0.15) is 5.26 Å². The lowest BCUT2D eigenvalue weighted by molar-refractivity contribution is 0.584. The van der Waals surface area contributed by atoms with E-state index in [1.165, 1.54) is 0 Å². The van der Waals surface area contributed by atoms with Gasteiger partial charge in [-0.25, -0.2) is 0 Å². The van der Waals surface area contributed by atoms with Crippen LogP contribution in [0.1, 0.15) is 19.4 Å². The molecule has 6 nitrogen and oxygen atoms in total. The average Bonchev–Trinajstić information content (AvgIpc) is 3.17. The maximum Gasteiger partial charge on any atom is 0.248 e. The van der Waals surface area contributed by atoms with E-state index in [2.05, 4.69) is 26.6 Å². The van der Waals surface area contributed by atoms with E-state index in [4.69, 9.17) is 4.42 Å². The monoisotopic (exact) mass is 355 g/mol. The molecule has 4 aromatic rings. The fourth-order valence-electron chi connectivity index (χ4n) is 2.88. The molecule has 0 aliphatic carbocycles. The molecule has 0 aliphatic heterocycles. The summed E-state index contributed by atoms with van der Waals surface area (Å²) in [7, 11) is 0. The predicted molar refractivity (Wildman–Crippen MR) is 104 cm³/mol. The van der Waals surface area contributed by atoms with Crippen molar-refractivity contribution in [1.29, 1.82) is 5.26 Å². The van der Waals surface area contributed by atoms with Gasteiger partial charge in [0, 0.05) is 34.9 Å². The lowest BCUT2D eigenvalue weighted by Gasteiger charge is -2.11. The SMILES string of the molecule is CC(C)Nc1ccc(-c2nnc(-c3ccc4cnccc4c3)o2)cc1C#N. The minimum Gasteiger partial charge on any atom is -0.416 e. The Hall–Kier alpha value is -3.72. The Labute approximate surface area is 156 Å². The van der Waals surface area contributed by atoms with Crippen LogP contribution in [-0.2, 0) is 0 Å². The molecule has 4 rings (SSSR count). The third kappa shape index (κ3) is 3.35. The number of aromatic nitrogens is 3. The van der Waals surface area contributed by atoms with E-state index in [1.807, 2.05) is 56.4 Å². The number of nitriles is 1. The molecule has 0 spiro atoms. The Balaban J connectivity index is 1.68. The Morgan fingerprint density at radius 2 is 1.70 bits per heavy atom. The van der Waals surface area contributed by atoms with Crippen LogP contribution in [0.5, 0.6) is 0 Å². The largest absolute Gasteiger partial charge is 0.416 e. The first-order valence-corrected chi connectivity index (χ1v) is 8.63. The molecular weight excluding hydrogens is 338 g/mol. The lowest BCUT2D eigenvalue weighted by atomic mass is 10.1. The van der Waals surface area contributed by atoms with Gasteiger partial charge < -0.3 is 9.73 Å².